The lowest BCUT2D eigenvalue weighted by Gasteiger charge is -2.08. The monoisotopic (exact) mass is 283 g/mol. The van der Waals surface area contributed by atoms with Crippen LogP contribution >= 0.6 is 15.9 Å². The predicted molar refractivity (Wildman–Crippen MR) is 46.7 cm³/mol. The summed E-state index contributed by atoms with van der Waals surface area (Å²) in [6.07, 6.45) is -3.97. The first kappa shape index (κ1) is 10.4. The normalized spacial score (nSPS) is 12.3. The molecule has 0 atom stereocenters. The van der Waals surface area contributed by atoms with E-state index >= 15 is 0 Å². The van der Waals surface area contributed by atoms with Gasteiger partial charge in [-0.15, -0.1) is 0 Å². The SMILES string of the molecule is Fc1c(Br)cc2ncoc2c1C(F)(F)F. The summed E-state index contributed by atoms with van der Waals surface area (Å²) in [5.41, 5.74) is -2.08. The van der Waals surface area contributed by atoms with Gasteiger partial charge >= 0.3 is 6.18 Å². The van der Waals surface area contributed by atoms with Gasteiger partial charge in [0, 0.05) is 0 Å². The second-order valence-electron chi connectivity index (χ2n) is 2.75. The van der Waals surface area contributed by atoms with Crippen LogP contribution in [-0.2, 0) is 6.18 Å². The summed E-state index contributed by atoms with van der Waals surface area (Å²) in [7, 11) is 0. The summed E-state index contributed by atoms with van der Waals surface area (Å²) in [6, 6.07) is 1.13. The smallest absolute Gasteiger partial charge is 0.422 e. The van der Waals surface area contributed by atoms with Crippen LogP contribution in [0.4, 0.5) is 17.6 Å². The number of benzene rings is 1. The molecule has 80 valence electrons. The zero-order valence-corrected chi connectivity index (χ0v) is 8.49. The molecule has 2 rings (SSSR count). The Morgan fingerprint density at radius 1 is 1.33 bits per heavy atom. The van der Waals surface area contributed by atoms with Gasteiger partial charge in [-0.05, 0) is 22.0 Å². The van der Waals surface area contributed by atoms with Crippen molar-refractivity contribution in [3.05, 3.63) is 28.3 Å². The van der Waals surface area contributed by atoms with Crippen LogP contribution < -0.4 is 0 Å². The minimum atomic E-state index is -4.81. The zero-order valence-electron chi connectivity index (χ0n) is 6.90. The highest BCUT2D eigenvalue weighted by Crippen LogP contribution is 2.39. The van der Waals surface area contributed by atoms with Gasteiger partial charge in [0.1, 0.15) is 11.1 Å². The van der Waals surface area contributed by atoms with E-state index in [1.54, 1.807) is 0 Å². The Hall–Kier alpha value is -1.11. The summed E-state index contributed by atoms with van der Waals surface area (Å²) >= 11 is 2.69. The van der Waals surface area contributed by atoms with Gasteiger partial charge in [-0.2, -0.15) is 13.2 Å². The van der Waals surface area contributed by atoms with Gasteiger partial charge in [-0.1, -0.05) is 0 Å². The third kappa shape index (κ3) is 1.60. The Morgan fingerprint density at radius 2 is 2.00 bits per heavy atom. The molecule has 0 aliphatic carbocycles. The number of alkyl halides is 3. The molecule has 0 saturated heterocycles. The summed E-state index contributed by atoms with van der Waals surface area (Å²) in [4.78, 5) is 3.53. The lowest BCUT2D eigenvalue weighted by atomic mass is 10.2. The van der Waals surface area contributed by atoms with E-state index in [-0.39, 0.29) is 9.99 Å². The highest BCUT2D eigenvalue weighted by molar-refractivity contribution is 9.10. The number of rotatable bonds is 0. The maximum atomic E-state index is 13.3. The van der Waals surface area contributed by atoms with Crippen LogP contribution in [-0.4, -0.2) is 4.98 Å². The summed E-state index contributed by atoms with van der Waals surface area (Å²) in [5.74, 6) is -1.40. The van der Waals surface area contributed by atoms with Crippen LogP contribution in [0.5, 0.6) is 0 Å². The van der Waals surface area contributed by atoms with Gasteiger partial charge in [0.25, 0.3) is 0 Å². The van der Waals surface area contributed by atoms with Crippen molar-refractivity contribution in [3.8, 4) is 0 Å². The van der Waals surface area contributed by atoms with Crippen molar-refractivity contribution >= 4 is 27.0 Å². The maximum absolute atomic E-state index is 13.3. The lowest BCUT2D eigenvalue weighted by Crippen LogP contribution is -2.09. The Kier molecular flexibility index (Phi) is 2.22. The van der Waals surface area contributed by atoms with Crippen molar-refractivity contribution < 1.29 is 22.0 Å². The molecule has 0 aliphatic rings. The van der Waals surface area contributed by atoms with Crippen LogP contribution in [0.2, 0.25) is 0 Å². The number of hydrogen-bond acceptors (Lipinski definition) is 2. The Labute approximate surface area is 89.0 Å². The molecule has 0 spiro atoms. The fourth-order valence-electron chi connectivity index (χ4n) is 1.20. The molecule has 0 fully saturated rings. The molecule has 0 unspecified atom stereocenters. The quantitative estimate of drug-likeness (QED) is 0.689. The Balaban J connectivity index is 2.90. The Bertz CT molecular complexity index is 519. The van der Waals surface area contributed by atoms with Gasteiger partial charge in [0.05, 0.1) is 4.47 Å². The fraction of sp³-hybridized carbons (Fsp3) is 0.125. The van der Waals surface area contributed by atoms with Crippen LogP contribution in [0.15, 0.2) is 21.3 Å². The number of nitrogens with zero attached hydrogens (tertiary/aromatic N) is 1. The molecule has 0 N–H and O–H groups in total. The van der Waals surface area contributed by atoms with Crippen molar-refractivity contribution in [2.45, 2.75) is 6.18 Å². The molecule has 0 aliphatic heterocycles. The van der Waals surface area contributed by atoms with Crippen molar-refractivity contribution in [1.29, 1.82) is 0 Å². The molecule has 0 saturated carbocycles. The van der Waals surface area contributed by atoms with E-state index in [1.165, 1.54) is 0 Å². The number of aromatic nitrogens is 1. The second-order valence-corrected chi connectivity index (χ2v) is 3.60. The van der Waals surface area contributed by atoms with Crippen molar-refractivity contribution in [2.24, 2.45) is 0 Å². The zero-order chi connectivity index (χ0) is 11.2. The molecule has 1 heterocycles. The highest BCUT2D eigenvalue weighted by atomic mass is 79.9. The topological polar surface area (TPSA) is 26.0 Å². The third-order valence-electron chi connectivity index (χ3n) is 1.80. The van der Waals surface area contributed by atoms with Gasteiger partial charge < -0.3 is 4.42 Å². The molecular weight excluding hydrogens is 282 g/mol. The maximum Gasteiger partial charge on any atom is 0.422 e. The number of hydrogen-bond donors (Lipinski definition) is 0. The van der Waals surface area contributed by atoms with E-state index < -0.39 is 23.1 Å². The van der Waals surface area contributed by atoms with E-state index in [4.69, 9.17) is 0 Å². The molecule has 0 amide bonds. The summed E-state index contributed by atoms with van der Waals surface area (Å²) in [5, 5.41) is 0. The highest BCUT2D eigenvalue weighted by Gasteiger charge is 2.39. The molecule has 15 heavy (non-hydrogen) atoms. The largest absolute Gasteiger partial charge is 0.443 e. The minimum absolute atomic E-state index is 0.0457. The second kappa shape index (κ2) is 3.19. The van der Waals surface area contributed by atoms with Gasteiger partial charge in [-0.25, -0.2) is 9.37 Å². The molecule has 7 heteroatoms. The van der Waals surface area contributed by atoms with E-state index in [9.17, 15) is 17.6 Å². The van der Waals surface area contributed by atoms with Gasteiger partial charge in [0.15, 0.2) is 17.8 Å². The van der Waals surface area contributed by atoms with Crippen LogP contribution in [0, 0.1) is 5.82 Å². The van der Waals surface area contributed by atoms with Crippen molar-refractivity contribution in [2.75, 3.05) is 0 Å². The molecule has 1 aromatic carbocycles. The van der Waals surface area contributed by atoms with Crippen molar-refractivity contribution in [3.63, 3.8) is 0 Å². The number of oxazole rings is 1. The first-order valence-electron chi connectivity index (χ1n) is 3.69. The third-order valence-corrected chi connectivity index (χ3v) is 2.38. The molecule has 2 nitrogen and oxygen atoms in total. The van der Waals surface area contributed by atoms with Crippen LogP contribution in [0.1, 0.15) is 5.56 Å². The van der Waals surface area contributed by atoms with E-state index in [0.717, 1.165) is 12.5 Å². The van der Waals surface area contributed by atoms with Gasteiger partial charge in [0.2, 0.25) is 0 Å². The first-order chi connectivity index (χ1) is 6.91. The molecule has 0 radical (unpaired) electrons. The van der Waals surface area contributed by atoms with Crippen molar-refractivity contribution in [1.82, 2.24) is 4.98 Å². The van der Waals surface area contributed by atoms with E-state index in [2.05, 4.69) is 25.3 Å². The summed E-state index contributed by atoms with van der Waals surface area (Å²) < 4.78 is 54.9. The number of halogens is 5. The molecule has 0 bridgehead atoms. The van der Waals surface area contributed by atoms with E-state index in [1.807, 2.05) is 0 Å². The number of fused-ring (bicyclic) bond motifs is 1. The molecule has 1 aromatic heterocycles. The standard InChI is InChI=1S/C8H2BrF4NO/c9-3-1-4-7(15-2-14-4)5(6(3)10)8(11,12)13/h1-2H. The lowest BCUT2D eigenvalue weighted by molar-refractivity contribution is -0.139. The van der Waals surface area contributed by atoms with Crippen LogP contribution in [0.3, 0.4) is 0 Å². The molecular formula is C8H2BrF4NO. The van der Waals surface area contributed by atoms with Gasteiger partial charge in [-0.3, -0.25) is 0 Å². The average Bonchev–Trinajstić information content (AvgIpc) is 2.50. The van der Waals surface area contributed by atoms with E-state index in [0.29, 0.717) is 0 Å². The minimum Gasteiger partial charge on any atom is -0.443 e. The average molecular weight is 284 g/mol. The Morgan fingerprint density at radius 3 is 2.60 bits per heavy atom. The predicted octanol–water partition coefficient (Wildman–Crippen LogP) is 3.75. The first-order valence-corrected chi connectivity index (χ1v) is 4.49. The fourth-order valence-corrected chi connectivity index (χ4v) is 1.62. The van der Waals surface area contributed by atoms with Crippen LogP contribution in [0.25, 0.3) is 11.1 Å². The summed E-state index contributed by atoms with van der Waals surface area (Å²) in [6.45, 7) is 0. The molecule has 2 aromatic rings.